The van der Waals surface area contributed by atoms with Gasteiger partial charge in [0.25, 0.3) is 5.91 Å². The summed E-state index contributed by atoms with van der Waals surface area (Å²) in [4.78, 5) is 14.0. The summed E-state index contributed by atoms with van der Waals surface area (Å²) in [5, 5.41) is 6.73. The molecule has 0 spiro atoms. The lowest BCUT2D eigenvalue weighted by Crippen LogP contribution is -2.11. The molecule has 1 aliphatic carbocycles. The average Bonchev–Trinajstić information content (AvgIpc) is 2.98. The topological polar surface area (TPSA) is 62.7 Å². The first-order chi connectivity index (χ1) is 10.3. The third kappa shape index (κ3) is 3.00. The maximum absolute atomic E-state index is 12.5. The van der Waals surface area contributed by atoms with Gasteiger partial charge in [-0.2, -0.15) is 18.3 Å². The van der Waals surface area contributed by atoms with E-state index in [9.17, 15) is 18.0 Å². The highest BCUT2D eigenvalue weighted by molar-refractivity contribution is 6.04. The predicted octanol–water partition coefficient (Wildman–Crippen LogP) is 3.45. The molecule has 1 saturated carbocycles. The molecule has 1 unspecified atom stereocenters. The summed E-state index contributed by atoms with van der Waals surface area (Å²) in [6, 6.07) is 1.04. The predicted molar refractivity (Wildman–Crippen MR) is 73.4 cm³/mol. The molecule has 22 heavy (non-hydrogen) atoms. The third-order valence-corrected chi connectivity index (χ3v) is 3.83. The molecule has 1 aliphatic rings. The van der Waals surface area contributed by atoms with Crippen molar-refractivity contribution in [2.75, 3.05) is 5.32 Å². The molecule has 118 valence electrons. The standard InChI is InChI=1S/C14H15F3N4O/c1-8(9-2-3-9)21-7-11(6-19-21)20-13(22)10-4-12(18-5-10)14(15,16)17/h4-9,18H,2-3H2,1H3,(H,20,22). The lowest BCUT2D eigenvalue weighted by molar-refractivity contribution is -0.140. The van der Waals surface area contributed by atoms with Crippen molar-refractivity contribution < 1.29 is 18.0 Å². The Morgan fingerprint density at radius 3 is 2.82 bits per heavy atom. The van der Waals surface area contributed by atoms with Crippen LogP contribution in [0.1, 0.15) is 41.9 Å². The number of carbonyl (C=O) groups excluding carboxylic acids is 1. The van der Waals surface area contributed by atoms with Gasteiger partial charge in [0.15, 0.2) is 0 Å². The number of hydrogen-bond donors (Lipinski definition) is 2. The zero-order valence-corrected chi connectivity index (χ0v) is 11.8. The number of halogens is 3. The van der Waals surface area contributed by atoms with E-state index in [1.165, 1.54) is 19.0 Å². The molecule has 0 aromatic carbocycles. The van der Waals surface area contributed by atoms with Crippen LogP contribution in [-0.4, -0.2) is 20.7 Å². The van der Waals surface area contributed by atoms with Gasteiger partial charge in [-0.05, 0) is 31.7 Å². The zero-order chi connectivity index (χ0) is 15.9. The highest BCUT2D eigenvalue weighted by Crippen LogP contribution is 2.39. The molecule has 1 atom stereocenters. The molecule has 2 aromatic heterocycles. The van der Waals surface area contributed by atoms with Gasteiger partial charge in [-0.25, -0.2) is 0 Å². The van der Waals surface area contributed by atoms with Crippen LogP contribution in [0.25, 0.3) is 0 Å². The number of aromatic amines is 1. The van der Waals surface area contributed by atoms with Gasteiger partial charge < -0.3 is 10.3 Å². The summed E-state index contributed by atoms with van der Waals surface area (Å²) < 4.78 is 39.2. The molecule has 1 amide bonds. The minimum absolute atomic E-state index is 0.0738. The minimum atomic E-state index is -4.50. The first kappa shape index (κ1) is 14.7. The van der Waals surface area contributed by atoms with Crippen LogP contribution in [0.4, 0.5) is 18.9 Å². The van der Waals surface area contributed by atoms with E-state index in [0.717, 1.165) is 12.3 Å². The van der Waals surface area contributed by atoms with E-state index in [1.54, 1.807) is 10.9 Å². The fourth-order valence-corrected chi connectivity index (χ4v) is 2.31. The highest BCUT2D eigenvalue weighted by Gasteiger charge is 2.33. The molecule has 2 aromatic rings. The van der Waals surface area contributed by atoms with Gasteiger partial charge in [0.2, 0.25) is 0 Å². The SMILES string of the molecule is CC(C1CC1)n1cc(NC(=O)c2c[nH]c(C(F)(F)F)c2)cn1. The Morgan fingerprint density at radius 1 is 1.50 bits per heavy atom. The Kier molecular flexibility index (Phi) is 3.46. The van der Waals surface area contributed by atoms with Crippen molar-refractivity contribution in [3.8, 4) is 0 Å². The second-order valence-corrected chi connectivity index (χ2v) is 5.54. The molecule has 0 radical (unpaired) electrons. The number of amides is 1. The van der Waals surface area contributed by atoms with Crippen molar-refractivity contribution in [3.63, 3.8) is 0 Å². The Labute approximate surface area is 124 Å². The normalized spacial score (nSPS) is 16.5. The van der Waals surface area contributed by atoms with Crippen LogP contribution < -0.4 is 5.32 Å². The molecule has 2 heterocycles. The molecule has 5 nitrogen and oxygen atoms in total. The van der Waals surface area contributed by atoms with Gasteiger partial charge in [-0.15, -0.1) is 0 Å². The van der Waals surface area contributed by atoms with Crippen LogP contribution in [0.15, 0.2) is 24.7 Å². The van der Waals surface area contributed by atoms with E-state index < -0.39 is 17.8 Å². The average molecular weight is 312 g/mol. The van der Waals surface area contributed by atoms with E-state index in [0.29, 0.717) is 11.6 Å². The number of nitrogens with zero attached hydrogens (tertiary/aromatic N) is 2. The van der Waals surface area contributed by atoms with Gasteiger partial charge in [-0.3, -0.25) is 9.48 Å². The minimum Gasteiger partial charge on any atom is -0.357 e. The van der Waals surface area contributed by atoms with Crippen molar-refractivity contribution in [1.29, 1.82) is 0 Å². The Balaban J connectivity index is 1.67. The molecule has 3 rings (SSSR count). The second-order valence-electron chi connectivity index (χ2n) is 5.54. The third-order valence-electron chi connectivity index (χ3n) is 3.83. The van der Waals surface area contributed by atoms with E-state index in [4.69, 9.17) is 0 Å². The number of nitrogens with one attached hydrogen (secondary N) is 2. The van der Waals surface area contributed by atoms with Gasteiger partial charge in [0, 0.05) is 12.4 Å². The molecule has 0 saturated heterocycles. The molecular formula is C14H15F3N4O. The number of rotatable bonds is 4. The van der Waals surface area contributed by atoms with E-state index in [-0.39, 0.29) is 11.6 Å². The van der Waals surface area contributed by atoms with E-state index in [1.807, 2.05) is 0 Å². The maximum Gasteiger partial charge on any atom is 0.431 e. The second kappa shape index (κ2) is 5.19. The van der Waals surface area contributed by atoms with Crippen molar-refractivity contribution in [2.45, 2.75) is 32.0 Å². The lowest BCUT2D eigenvalue weighted by Gasteiger charge is -2.09. The summed E-state index contributed by atoms with van der Waals surface area (Å²) in [5.74, 6) is 0.00726. The van der Waals surface area contributed by atoms with Gasteiger partial charge in [-0.1, -0.05) is 0 Å². The molecule has 0 aliphatic heterocycles. The largest absolute Gasteiger partial charge is 0.431 e. The highest BCUT2D eigenvalue weighted by atomic mass is 19.4. The first-order valence-corrected chi connectivity index (χ1v) is 6.95. The van der Waals surface area contributed by atoms with Gasteiger partial charge in [0.1, 0.15) is 5.69 Å². The first-order valence-electron chi connectivity index (χ1n) is 6.95. The van der Waals surface area contributed by atoms with Crippen LogP contribution in [0.5, 0.6) is 0 Å². The fraction of sp³-hybridized carbons (Fsp3) is 0.429. The van der Waals surface area contributed by atoms with E-state index in [2.05, 4.69) is 22.3 Å². The fourth-order valence-electron chi connectivity index (χ4n) is 2.31. The summed E-state index contributed by atoms with van der Waals surface area (Å²) >= 11 is 0. The van der Waals surface area contributed by atoms with Crippen LogP contribution in [0.2, 0.25) is 0 Å². The number of anilines is 1. The van der Waals surface area contributed by atoms with Crippen LogP contribution in [0.3, 0.4) is 0 Å². The Morgan fingerprint density at radius 2 is 2.23 bits per heavy atom. The van der Waals surface area contributed by atoms with Crippen LogP contribution in [-0.2, 0) is 6.18 Å². The van der Waals surface area contributed by atoms with Crippen molar-refractivity contribution in [3.05, 3.63) is 35.9 Å². The van der Waals surface area contributed by atoms with Gasteiger partial charge >= 0.3 is 6.18 Å². The van der Waals surface area contributed by atoms with Crippen LogP contribution >= 0.6 is 0 Å². The molecule has 8 heteroatoms. The number of carbonyl (C=O) groups is 1. The van der Waals surface area contributed by atoms with Gasteiger partial charge in [0.05, 0.1) is 23.5 Å². The van der Waals surface area contributed by atoms with Crippen molar-refractivity contribution >= 4 is 11.6 Å². The summed E-state index contributed by atoms with van der Waals surface area (Å²) in [7, 11) is 0. The Bertz CT molecular complexity index is 684. The molecule has 2 N–H and O–H groups in total. The summed E-state index contributed by atoms with van der Waals surface area (Å²) in [6.45, 7) is 2.05. The maximum atomic E-state index is 12.5. The van der Waals surface area contributed by atoms with Crippen molar-refractivity contribution in [2.24, 2.45) is 5.92 Å². The number of alkyl halides is 3. The van der Waals surface area contributed by atoms with Crippen LogP contribution in [0, 0.1) is 5.92 Å². The monoisotopic (exact) mass is 312 g/mol. The smallest absolute Gasteiger partial charge is 0.357 e. The zero-order valence-electron chi connectivity index (χ0n) is 11.8. The number of hydrogen-bond acceptors (Lipinski definition) is 2. The van der Waals surface area contributed by atoms with E-state index >= 15 is 0 Å². The number of aromatic nitrogens is 3. The number of H-pyrrole nitrogens is 1. The molecule has 0 bridgehead atoms. The summed E-state index contributed by atoms with van der Waals surface area (Å²) in [5.41, 5.74) is -0.557. The molecular weight excluding hydrogens is 297 g/mol. The van der Waals surface area contributed by atoms with Crippen molar-refractivity contribution in [1.82, 2.24) is 14.8 Å². The quantitative estimate of drug-likeness (QED) is 0.908. The summed E-state index contributed by atoms with van der Waals surface area (Å²) in [6.07, 6.45) is 2.07. The lowest BCUT2D eigenvalue weighted by atomic mass is 10.2. The Hall–Kier alpha value is -2.25. The molecule has 1 fully saturated rings.